The van der Waals surface area contributed by atoms with Crippen LogP contribution >= 0.6 is 0 Å². The van der Waals surface area contributed by atoms with Gasteiger partial charge in [-0.05, 0) is 96.3 Å². The van der Waals surface area contributed by atoms with Crippen LogP contribution in [0.2, 0.25) is 0 Å². The maximum Gasteiger partial charge on any atom is 0.306 e. The molecule has 0 saturated heterocycles. The minimum Gasteiger partial charge on any atom is -0.462 e. The van der Waals surface area contributed by atoms with Crippen LogP contribution in [0.4, 0.5) is 0 Å². The Kier molecular flexibility index (Phi) is 66.7. The zero-order valence-corrected chi connectivity index (χ0v) is 54.2. The van der Waals surface area contributed by atoms with Gasteiger partial charge in [0.2, 0.25) is 0 Å². The number of esters is 3. The number of carbonyl (C=O) groups is 3. The first-order valence-electron chi connectivity index (χ1n) is 35.2. The summed E-state index contributed by atoms with van der Waals surface area (Å²) >= 11 is 0. The Morgan fingerprint density at radius 1 is 0.256 bits per heavy atom. The third kappa shape index (κ3) is 67.1. The molecule has 0 aliphatic carbocycles. The Labute approximate surface area is 508 Å². The summed E-state index contributed by atoms with van der Waals surface area (Å²) in [6.45, 7) is 6.46. The second-order valence-corrected chi connectivity index (χ2v) is 23.4. The van der Waals surface area contributed by atoms with Crippen molar-refractivity contribution >= 4 is 17.9 Å². The molecule has 0 aliphatic heterocycles. The summed E-state index contributed by atoms with van der Waals surface area (Å²) in [6, 6.07) is 0. The summed E-state index contributed by atoms with van der Waals surface area (Å²) < 4.78 is 17.0. The minimum absolute atomic E-state index is 0.0813. The van der Waals surface area contributed by atoms with E-state index in [9.17, 15) is 14.4 Å². The van der Waals surface area contributed by atoms with Gasteiger partial charge >= 0.3 is 17.9 Å². The topological polar surface area (TPSA) is 78.9 Å². The Morgan fingerprint density at radius 2 is 0.476 bits per heavy atom. The average Bonchev–Trinajstić information content (AvgIpc) is 3.47. The quantitative estimate of drug-likeness (QED) is 0.0261. The normalized spacial score (nSPS) is 12.7. The van der Waals surface area contributed by atoms with Gasteiger partial charge in [0.25, 0.3) is 0 Å². The molecule has 0 bridgehead atoms. The molecule has 1 unspecified atom stereocenters. The van der Waals surface area contributed by atoms with Crippen LogP contribution in [0.5, 0.6) is 0 Å². The smallest absolute Gasteiger partial charge is 0.306 e. The molecule has 0 aromatic carbocycles. The molecular formula is C76H132O6. The number of rotatable bonds is 64. The van der Waals surface area contributed by atoms with Crippen molar-refractivity contribution in [2.75, 3.05) is 13.2 Å². The van der Waals surface area contributed by atoms with E-state index in [1.807, 2.05) is 0 Å². The highest BCUT2D eigenvalue weighted by Gasteiger charge is 2.19. The number of unbranched alkanes of at least 4 members (excludes halogenated alkanes) is 37. The Hall–Kier alpha value is -3.67. The lowest BCUT2D eigenvalue weighted by Gasteiger charge is -2.18. The van der Waals surface area contributed by atoms with Gasteiger partial charge in [0.1, 0.15) is 13.2 Å². The number of allylic oxidation sites excluding steroid dienone is 16. The highest BCUT2D eigenvalue weighted by molar-refractivity contribution is 5.71. The second kappa shape index (κ2) is 69.8. The zero-order chi connectivity index (χ0) is 59.2. The van der Waals surface area contributed by atoms with Crippen molar-refractivity contribution in [2.45, 2.75) is 354 Å². The molecular weight excluding hydrogens is 1010 g/mol. The molecule has 0 rings (SSSR count). The standard InChI is InChI=1S/C76H132O6/c1-4-7-10-13-16-19-22-25-28-31-33-35-37-38-39-41-42-45-48-51-54-57-60-63-66-69-75(78)81-72-73(71-80-74(77)68-65-62-59-56-53-50-47-44-30-27-24-21-18-15-12-9-6-3)82-76(79)70-67-64-61-58-55-52-49-46-43-40-36-34-32-29-26-23-20-17-14-11-8-5-2/h7,9-10,12,16,18-19,21,25,27-28,30,33,35,38-39,73H,4-6,8,11,13-15,17,20,22-24,26,29,31-32,34,36-37,40-72H2,1-3H3/b10-7-,12-9-,19-16-,21-18-,28-25-,30-27-,35-33-,39-38-. The molecule has 0 heterocycles. The summed E-state index contributed by atoms with van der Waals surface area (Å²) in [7, 11) is 0. The van der Waals surface area contributed by atoms with E-state index in [1.165, 1.54) is 186 Å². The van der Waals surface area contributed by atoms with Crippen molar-refractivity contribution in [3.05, 3.63) is 97.2 Å². The Balaban J connectivity index is 4.36. The number of ether oxygens (including phenoxy) is 3. The summed E-state index contributed by atoms with van der Waals surface area (Å²) in [4.78, 5) is 38.5. The lowest BCUT2D eigenvalue weighted by Crippen LogP contribution is -2.30. The van der Waals surface area contributed by atoms with Gasteiger partial charge in [0, 0.05) is 19.3 Å². The van der Waals surface area contributed by atoms with E-state index >= 15 is 0 Å². The SMILES string of the molecule is CC/C=C\C/C=C\C/C=C\C/C=C\C/C=C\CCCCCCCCCCCC(=O)OCC(COC(=O)CCCCCCCCC/C=C\C/C=C\C/C=C\CC)OC(=O)CCCCCCCCCCCCCCCCCCCCCCCC. The molecule has 472 valence electrons. The average molecular weight is 1140 g/mol. The summed E-state index contributed by atoms with van der Waals surface area (Å²) in [5.74, 6) is -0.878. The molecule has 6 heteroatoms. The first kappa shape index (κ1) is 78.3. The van der Waals surface area contributed by atoms with Gasteiger partial charge in [-0.2, -0.15) is 0 Å². The summed E-state index contributed by atoms with van der Waals surface area (Å²) in [6.07, 6.45) is 94.3. The molecule has 0 radical (unpaired) electrons. The fourth-order valence-corrected chi connectivity index (χ4v) is 10.1. The van der Waals surface area contributed by atoms with E-state index in [-0.39, 0.29) is 31.1 Å². The molecule has 0 aromatic rings. The van der Waals surface area contributed by atoms with Gasteiger partial charge in [-0.3, -0.25) is 14.4 Å². The molecule has 6 nitrogen and oxygen atoms in total. The minimum atomic E-state index is -0.786. The third-order valence-electron chi connectivity index (χ3n) is 15.3. The van der Waals surface area contributed by atoms with Crippen LogP contribution in [0, 0.1) is 0 Å². The Morgan fingerprint density at radius 3 is 0.744 bits per heavy atom. The van der Waals surface area contributed by atoms with E-state index in [0.29, 0.717) is 19.3 Å². The van der Waals surface area contributed by atoms with E-state index in [4.69, 9.17) is 14.2 Å². The van der Waals surface area contributed by atoms with Gasteiger partial charge < -0.3 is 14.2 Å². The van der Waals surface area contributed by atoms with Crippen LogP contribution in [-0.4, -0.2) is 37.2 Å². The predicted octanol–water partition coefficient (Wildman–Crippen LogP) is 24.4. The Bertz CT molecular complexity index is 1590. The van der Waals surface area contributed by atoms with Gasteiger partial charge in [-0.15, -0.1) is 0 Å². The van der Waals surface area contributed by atoms with Crippen LogP contribution in [0.3, 0.4) is 0 Å². The van der Waals surface area contributed by atoms with E-state index < -0.39 is 6.10 Å². The molecule has 0 aromatic heterocycles. The highest BCUT2D eigenvalue weighted by atomic mass is 16.6. The van der Waals surface area contributed by atoms with Crippen molar-refractivity contribution in [3.63, 3.8) is 0 Å². The number of hydrogen-bond acceptors (Lipinski definition) is 6. The van der Waals surface area contributed by atoms with Gasteiger partial charge in [-0.1, -0.05) is 330 Å². The number of carbonyl (C=O) groups excluding carboxylic acids is 3. The van der Waals surface area contributed by atoms with Crippen molar-refractivity contribution in [1.29, 1.82) is 0 Å². The van der Waals surface area contributed by atoms with Crippen molar-refractivity contribution in [2.24, 2.45) is 0 Å². The molecule has 0 amide bonds. The third-order valence-corrected chi connectivity index (χ3v) is 15.3. The van der Waals surface area contributed by atoms with Gasteiger partial charge in [0.05, 0.1) is 0 Å². The molecule has 1 atom stereocenters. The van der Waals surface area contributed by atoms with E-state index in [1.54, 1.807) is 0 Å². The second-order valence-electron chi connectivity index (χ2n) is 23.4. The van der Waals surface area contributed by atoms with Crippen LogP contribution in [-0.2, 0) is 28.6 Å². The van der Waals surface area contributed by atoms with Crippen LogP contribution in [0.1, 0.15) is 348 Å². The monoisotopic (exact) mass is 1140 g/mol. The summed E-state index contributed by atoms with van der Waals surface area (Å²) in [5.41, 5.74) is 0. The zero-order valence-electron chi connectivity index (χ0n) is 54.2. The van der Waals surface area contributed by atoms with Crippen molar-refractivity contribution < 1.29 is 28.6 Å². The van der Waals surface area contributed by atoms with E-state index in [2.05, 4.69) is 118 Å². The molecule has 0 saturated carbocycles. The van der Waals surface area contributed by atoms with Crippen molar-refractivity contribution in [3.8, 4) is 0 Å². The molecule has 0 N–H and O–H groups in total. The fourth-order valence-electron chi connectivity index (χ4n) is 10.1. The highest BCUT2D eigenvalue weighted by Crippen LogP contribution is 2.18. The van der Waals surface area contributed by atoms with Crippen LogP contribution < -0.4 is 0 Å². The fraction of sp³-hybridized carbons (Fsp3) is 0.750. The summed E-state index contributed by atoms with van der Waals surface area (Å²) in [5, 5.41) is 0. The van der Waals surface area contributed by atoms with Crippen LogP contribution in [0.25, 0.3) is 0 Å². The lowest BCUT2D eigenvalue weighted by molar-refractivity contribution is -0.167. The van der Waals surface area contributed by atoms with Gasteiger partial charge in [0.15, 0.2) is 6.10 Å². The molecule has 0 spiro atoms. The van der Waals surface area contributed by atoms with Crippen molar-refractivity contribution in [1.82, 2.24) is 0 Å². The first-order valence-corrected chi connectivity index (χ1v) is 35.2. The largest absolute Gasteiger partial charge is 0.462 e. The van der Waals surface area contributed by atoms with Gasteiger partial charge in [-0.25, -0.2) is 0 Å². The number of hydrogen-bond donors (Lipinski definition) is 0. The lowest BCUT2D eigenvalue weighted by atomic mass is 10.0. The van der Waals surface area contributed by atoms with Crippen LogP contribution in [0.15, 0.2) is 97.2 Å². The maximum atomic E-state index is 13.0. The first-order chi connectivity index (χ1) is 40.5. The van der Waals surface area contributed by atoms with E-state index in [0.717, 1.165) is 122 Å². The molecule has 0 fully saturated rings. The predicted molar refractivity (Wildman–Crippen MR) is 357 cm³/mol. The maximum absolute atomic E-state index is 13.0. The molecule has 82 heavy (non-hydrogen) atoms. The molecule has 0 aliphatic rings.